The molecule has 0 fully saturated rings. The van der Waals surface area contributed by atoms with Crippen LogP contribution in [0.15, 0.2) is 84.2 Å². The SMILES string of the molecule is c1ccc(/C(=N\Nc2nc3ccccc3s2)c2ccncc2)cc1. The Kier molecular flexibility index (Phi) is 4.00. The molecule has 116 valence electrons. The van der Waals surface area contributed by atoms with Gasteiger partial charge in [0.25, 0.3) is 0 Å². The number of anilines is 1. The van der Waals surface area contributed by atoms with Crippen LogP contribution in [-0.2, 0) is 0 Å². The van der Waals surface area contributed by atoms with E-state index in [1.807, 2.05) is 60.7 Å². The van der Waals surface area contributed by atoms with Gasteiger partial charge in [0.1, 0.15) is 0 Å². The van der Waals surface area contributed by atoms with Gasteiger partial charge in [-0.2, -0.15) is 5.10 Å². The highest BCUT2D eigenvalue weighted by Gasteiger charge is 2.08. The number of thiazole rings is 1. The molecule has 2 aromatic heterocycles. The number of rotatable bonds is 4. The van der Waals surface area contributed by atoms with E-state index in [0.29, 0.717) is 0 Å². The van der Waals surface area contributed by atoms with Gasteiger partial charge < -0.3 is 0 Å². The van der Waals surface area contributed by atoms with E-state index in [9.17, 15) is 0 Å². The Labute approximate surface area is 143 Å². The van der Waals surface area contributed by atoms with Crippen LogP contribution in [0.4, 0.5) is 5.13 Å². The molecule has 0 atom stereocenters. The van der Waals surface area contributed by atoms with Crippen molar-refractivity contribution < 1.29 is 0 Å². The smallest absolute Gasteiger partial charge is 0.204 e. The molecule has 4 nitrogen and oxygen atoms in total. The number of nitrogens with zero attached hydrogens (tertiary/aromatic N) is 3. The topological polar surface area (TPSA) is 50.2 Å². The zero-order valence-corrected chi connectivity index (χ0v) is 13.6. The van der Waals surface area contributed by atoms with E-state index in [1.165, 1.54) is 0 Å². The molecule has 0 bridgehead atoms. The third-order valence-electron chi connectivity index (χ3n) is 3.56. The van der Waals surface area contributed by atoms with Crippen molar-refractivity contribution in [1.82, 2.24) is 9.97 Å². The van der Waals surface area contributed by atoms with E-state index in [4.69, 9.17) is 0 Å². The molecule has 0 spiro atoms. The lowest BCUT2D eigenvalue weighted by molar-refractivity contribution is 1.28. The van der Waals surface area contributed by atoms with Gasteiger partial charge in [-0.1, -0.05) is 53.8 Å². The van der Waals surface area contributed by atoms with Crippen LogP contribution in [0.25, 0.3) is 10.2 Å². The molecule has 0 radical (unpaired) electrons. The molecule has 1 N–H and O–H groups in total. The van der Waals surface area contributed by atoms with Crippen LogP contribution < -0.4 is 5.43 Å². The van der Waals surface area contributed by atoms with Gasteiger partial charge in [-0.25, -0.2) is 4.98 Å². The van der Waals surface area contributed by atoms with Crippen LogP contribution in [-0.4, -0.2) is 15.7 Å². The minimum absolute atomic E-state index is 0.777. The maximum atomic E-state index is 4.62. The van der Waals surface area contributed by atoms with Crippen molar-refractivity contribution in [3.63, 3.8) is 0 Å². The Morgan fingerprint density at radius 2 is 1.54 bits per heavy atom. The van der Waals surface area contributed by atoms with Crippen molar-refractivity contribution in [2.75, 3.05) is 5.43 Å². The number of nitrogens with one attached hydrogen (secondary N) is 1. The van der Waals surface area contributed by atoms with E-state index in [0.717, 1.165) is 32.2 Å². The molecule has 0 saturated carbocycles. The van der Waals surface area contributed by atoms with E-state index < -0.39 is 0 Å². The predicted molar refractivity (Wildman–Crippen MR) is 99.6 cm³/mol. The van der Waals surface area contributed by atoms with Crippen molar-refractivity contribution in [3.05, 3.63) is 90.3 Å². The van der Waals surface area contributed by atoms with Gasteiger partial charge in [-0.05, 0) is 24.3 Å². The lowest BCUT2D eigenvalue weighted by Crippen LogP contribution is -2.06. The standard InChI is InChI=1S/C19H14N4S/c1-2-6-14(7-3-1)18(15-10-12-20-13-11-15)22-23-19-21-16-8-4-5-9-17(16)24-19/h1-13H,(H,21,23)/b22-18+. The zero-order chi connectivity index (χ0) is 16.2. The highest BCUT2D eigenvalue weighted by Crippen LogP contribution is 2.25. The van der Waals surface area contributed by atoms with E-state index in [1.54, 1.807) is 23.7 Å². The molecule has 0 aliphatic rings. The average Bonchev–Trinajstić information content (AvgIpc) is 3.07. The molecule has 2 heterocycles. The van der Waals surface area contributed by atoms with Gasteiger partial charge in [-0.3, -0.25) is 10.4 Å². The highest BCUT2D eigenvalue weighted by molar-refractivity contribution is 7.22. The van der Waals surface area contributed by atoms with Crippen LogP contribution in [0.5, 0.6) is 0 Å². The molecule has 4 rings (SSSR count). The van der Waals surface area contributed by atoms with Crippen molar-refractivity contribution in [2.24, 2.45) is 5.10 Å². The van der Waals surface area contributed by atoms with Crippen LogP contribution in [0.3, 0.4) is 0 Å². The van der Waals surface area contributed by atoms with Gasteiger partial charge in [0.05, 0.1) is 15.9 Å². The summed E-state index contributed by atoms with van der Waals surface area (Å²) in [6.45, 7) is 0. The molecule has 0 aliphatic carbocycles. The summed E-state index contributed by atoms with van der Waals surface area (Å²) in [5, 5.41) is 5.39. The second-order valence-electron chi connectivity index (χ2n) is 5.16. The number of fused-ring (bicyclic) bond motifs is 1. The first-order valence-corrected chi connectivity index (χ1v) is 8.37. The number of hydrazone groups is 1. The first-order chi connectivity index (χ1) is 11.9. The third-order valence-corrected chi connectivity index (χ3v) is 4.50. The molecule has 0 aliphatic heterocycles. The van der Waals surface area contributed by atoms with Crippen molar-refractivity contribution in [3.8, 4) is 0 Å². The third kappa shape index (κ3) is 3.02. The van der Waals surface area contributed by atoms with Gasteiger partial charge in [-0.15, -0.1) is 0 Å². The normalized spacial score (nSPS) is 11.6. The van der Waals surface area contributed by atoms with Gasteiger partial charge >= 0.3 is 0 Å². The Bertz CT molecular complexity index is 903. The summed E-state index contributed by atoms with van der Waals surface area (Å²) in [5.41, 5.74) is 6.99. The second kappa shape index (κ2) is 6.60. The zero-order valence-electron chi connectivity index (χ0n) is 12.8. The van der Waals surface area contributed by atoms with Gasteiger partial charge in [0.2, 0.25) is 5.13 Å². The van der Waals surface area contributed by atoms with Crippen molar-refractivity contribution >= 4 is 32.4 Å². The molecule has 2 aromatic carbocycles. The summed E-state index contributed by atoms with van der Waals surface area (Å²) in [6, 6.07) is 22.0. The van der Waals surface area contributed by atoms with Crippen molar-refractivity contribution in [2.45, 2.75) is 0 Å². The molecule has 5 heteroatoms. The Morgan fingerprint density at radius 1 is 0.833 bits per heavy atom. The fraction of sp³-hybridized carbons (Fsp3) is 0. The number of hydrogen-bond acceptors (Lipinski definition) is 5. The number of para-hydroxylation sites is 1. The number of benzene rings is 2. The summed E-state index contributed by atoms with van der Waals surface area (Å²) >= 11 is 1.59. The van der Waals surface area contributed by atoms with Crippen LogP contribution in [0.2, 0.25) is 0 Å². The summed E-state index contributed by atoms with van der Waals surface area (Å²) in [7, 11) is 0. The molecule has 0 unspecified atom stereocenters. The molecular weight excluding hydrogens is 316 g/mol. The monoisotopic (exact) mass is 330 g/mol. The van der Waals surface area contributed by atoms with Crippen LogP contribution in [0.1, 0.15) is 11.1 Å². The van der Waals surface area contributed by atoms with Crippen LogP contribution in [0, 0.1) is 0 Å². The predicted octanol–water partition coefficient (Wildman–Crippen LogP) is 4.56. The Morgan fingerprint density at radius 3 is 2.33 bits per heavy atom. The molecule has 4 aromatic rings. The molecule has 0 amide bonds. The summed E-state index contributed by atoms with van der Waals surface area (Å²) < 4.78 is 1.14. The summed E-state index contributed by atoms with van der Waals surface area (Å²) in [6.07, 6.45) is 3.54. The molecular formula is C19H14N4S. The fourth-order valence-corrected chi connectivity index (χ4v) is 3.23. The van der Waals surface area contributed by atoms with Crippen LogP contribution >= 0.6 is 11.3 Å². The minimum atomic E-state index is 0.777. The summed E-state index contributed by atoms with van der Waals surface area (Å²) in [4.78, 5) is 8.64. The lowest BCUT2D eigenvalue weighted by Gasteiger charge is -2.07. The quantitative estimate of drug-likeness (QED) is 0.441. The molecule has 24 heavy (non-hydrogen) atoms. The number of aromatic nitrogens is 2. The minimum Gasteiger partial charge on any atom is -0.265 e. The van der Waals surface area contributed by atoms with E-state index in [2.05, 4.69) is 26.6 Å². The van der Waals surface area contributed by atoms with Gasteiger partial charge in [0, 0.05) is 23.5 Å². The van der Waals surface area contributed by atoms with E-state index >= 15 is 0 Å². The highest BCUT2D eigenvalue weighted by atomic mass is 32.1. The Balaban J connectivity index is 1.71. The first-order valence-electron chi connectivity index (χ1n) is 7.55. The number of pyridine rings is 1. The summed E-state index contributed by atoms with van der Waals surface area (Å²) in [5.74, 6) is 0. The van der Waals surface area contributed by atoms with E-state index in [-0.39, 0.29) is 0 Å². The van der Waals surface area contributed by atoms with Gasteiger partial charge in [0.15, 0.2) is 0 Å². The largest absolute Gasteiger partial charge is 0.265 e. The molecule has 0 saturated heterocycles. The van der Waals surface area contributed by atoms with Crippen molar-refractivity contribution in [1.29, 1.82) is 0 Å². The Hall–Kier alpha value is -3.05. The maximum absolute atomic E-state index is 4.62. The average molecular weight is 330 g/mol. The number of hydrogen-bond donors (Lipinski definition) is 1. The second-order valence-corrected chi connectivity index (χ2v) is 6.19. The fourth-order valence-electron chi connectivity index (χ4n) is 2.43. The first kappa shape index (κ1) is 14.5. The lowest BCUT2D eigenvalue weighted by atomic mass is 10.0. The maximum Gasteiger partial charge on any atom is 0.204 e.